The van der Waals surface area contributed by atoms with Crippen LogP contribution < -0.4 is 10.5 Å². The molecule has 0 saturated heterocycles. The van der Waals surface area contributed by atoms with Crippen LogP contribution in [0.1, 0.15) is 17.1 Å². The third-order valence-electron chi connectivity index (χ3n) is 2.44. The van der Waals surface area contributed by atoms with Crippen molar-refractivity contribution in [3.8, 4) is 5.75 Å². The molecule has 3 nitrogen and oxygen atoms in total. The second-order valence-corrected chi connectivity index (χ2v) is 3.77. The molecule has 0 saturated carbocycles. The fraction of sp³-hybridized carbons (Fsp3) is 0.231. The molecule has 1 aromatic heterocycles. The van der Waals surface area contributed by atoms with Crippen LogP contribution in [0.5, 0.6) is 5.75 Å². The van der Waals surface area contributed by atoms with Crippen molar-refractivity contribution in [3.05, 3.63) is 53.2 Å². The molecule has 0 aliphatic rings. The van der Waals surface area contributed by atoms with Crippen molar-refractivity contribution < 1.29 is 13.5 Å². The summed E-state index contributed by atoms with van der Waals surface area (Å²) in [6.07, 6.45) is 0. The van der Waals surface area contributed by atoms with Gasteiger partial charge in [0.1, 0.15) is 29.7 Å². The van der Waals surface area contributed by atoms with Gasteiger partial charge in [-0.15, -0.1) is 0 Å². The molecule has 1 aromatic carbocycles. The van der Waals surface area contributed by atoms with E-state index in [-0.39, 0.29) is 12.4 Å². The average molecular weight is 235 g/mol. The number of benzene rings is 1. The maximum Gasteiger partial charge on any atom is 0.146 e. The number of hydrogen-bond donors (Lipinski definition) is 1. The van der Waals surface area contributed by atoms with Crippen molar-refractivity contribution in [1.29, 1.82) is 0 Å². The fourth-order valence-corrected chi connectivity index (χ4v) is 1.49. The molecule has 0 bridgehead atoms. The van der Waals surface area contributed by atoms with E-state index in [4.69, 9.17) is 14.9 Å². The van der Waals surface area contributed by atoms with Gasteiger partial charge in [-0.05, 0) is 30.7 Å². The monoisotopic (exact) mass is 235 g/mol. The summed E-state index contributed by atoms with van der Waals surface area (Å²) in [5.74, 6) is 1.59. The van der Waals surface area contributed by atoms with Crippen LogP contribution in [0.3, 0.4) is 0 Å². The molecule has 0 spiro atoms. The molecule has 0 aliphatic carbocycles. The molecule has 17 heavy (non-hydrogen) atoms. The molecule has 0 aliphatic heterocycles. The minimum atomic E-state index is -0.312. The highest BCUT2D eigenvalue weighted by Gasteiger charge is 2.05. The van der Waals surface area contributed by atoms with E-state index in [0.29, 0.717) is 23.8 Å². The van der Waals surface area contributed by atoms with E-state index in [1.54, 1.807) is 18.2 Å². The van der Waals surface area contributed by atoms with E-state index >= 15 is 0 Å². The molecule has 0 unspecified atom stereocenters. The lowest BCUT2D eigenvalue weighted by molar-refractivity contribution is 0.263. The van der Waals surface area contributed by atoms with Crippen molar-refractivity contribution in [1.82, 2.24) is 0 Å². The molecule has 0 amide bonds. The number of nitrogens with two attached hydrogens (primary N) is 1. The number of halogens is 1. The Balaban J connectivity index is 2.04. The predicted molar refractivity (Wildman–Crippen MR) is 62.1 cm³/mol. The van der Waals surface area contributed by atoms with Crippen molar-refractivity contribution >= 4 is 0 Å². The van der Waals surface area contributed by atoms with Gasteiger partial charge in [0, 0.05) is 6.07 Å². The van der Waals surface area contributed by atoms with Crippen LogP contribution in [-0.4, -0.2) is 0 Å². The Morgan fingerprint density at radius 3 is 2.71 bits per heavy atom. The van der Waals surface area contributed by atoms with Crippen LogP contribution in [0, 0.1) is 12.7 Å². The lowest BCUT2D eigenvalue weighted by Gasteiger charge is -2.07. The second kappa shape index (κ2) is 5.01. The Labute approximate surface area is 99.0 Å². The van der Waals surface area contributed by atoms with Crippen molar-refractivity contribution in [2.24, 2.45) is 5.73 Å². The van der Waals surface area contributed by atoms with E-state index in [2.05, 4.69) is 0 Å². The Morgan fingerprint density at radius 2 is 2.00 bits per heavy atom. The first-order valence-corrected chi connectivity index (χ1v) is 5.35. The molecular weight excluding hydrogens is 221 g/mol. The molecule has 90 valence electrons. The molecule has 0 radical (unpaired) electrons. The highest BCUT2D eigenvalue weighted by molar-refractivity contribution is 5.32. The van der Waals surface area contributed by atoms with Gasteiger partial charge in [-0.3, -0.25) is 0 Å². The van der Waals surface area contributed by atoms with Crippen LogP contribution in [0.2, 0.25) is 0 Å². The lowest BCUT2D eigenvalue weighted by atomic mass is 10.2. The summed E-state index contributed by atoms with van der Waals surface area (Å²) in [5.41, 5.74) is 6.32. The van der Waals surface area contributed by atoms with Crippen LogP contribution in [0.4, 0.5) is 4.39 Å². The number of rotatable bonds is 4. The Hall–Kier alpha value is -1.81. The van der Waals surface area contributed by atoms with E-state index in [1.807, 2.05) is 6.92 Å². The molecule has 0 atom stereocenters. The fourth-order valence-electron chi connectivity index (χ4n) is 1.49. The van der Waals surface area contributed by atoms with Gasteiger partial charge < -0.3 is 14.9 Å². The zero-order chi connectivity index (χ0) is 12.3. The number of furan rings is 1. The molecule has 1 heterocycles. The maximum absolute atomic E-state index is 13.0. The summed E-state index contributed by atoms with van der Waals surface area (Å²) in [5, 5.41) is 0. The van der Waals surface area contributed by atoms with Crippen molar-refractivity contribution in [2.45, 2.75) is 20.1 Å². The van der Waals surface area contributed by atoms with Crippen molar-refractivity contribution in [2.75, 3.05) is 0 Å². The summed E-state index contributed by atoms with van der Waals surface area (Å²) in [7, 11) is 0. The van der Waals surface area contributed by atoms with Gasteiger partial charge in [0.25, 0.3) is 0 Å². The minimum Gasteiger partial charge on any atom is -0.485 e. The quantitative estimate of drug-likeness (QED) is 0.886. The van der Waals surface area contributed by atoms with Crippen LogP contribution >= 0.6 is 0 Å². The van der Waals surface area contributed by atoms with Gasteiger partial charge >= 0.3 is 0 Å². The first kappa shape index (κ1) is 11.7. The first-order chi connectivity index (χ1) is 8.19. The summed E-state index contributed by atoms with van der Waals surface area (Å²) in [6.45, 7) is 2.49. The topological polar surface area (TPSA) is 48.4 Å². The van der Waals surface area contributed by atoms with Gasteiger partial charge in [-0.25, -0.2) is 4.39 Å². The third-order valence-corrected chi connectivity index (χ3v) is 2.44. The van der Waals surface area contributed by atoms with Gasteiger partial charge in [0.2, 0.25) is 0 Å². The molecule has 4 heteroatoms. The number of ether oxygens (including phenoxy) is 1. The molecule has 2 aromatic rings. The lowest BCUT2D eigenvalue weighted by Crippen LogP contribution is -1.97. The highest BCUT2D eigenvalue weighted by Crippen LogP contribution is 2.20. The summed E-state index contributed by atoms with van der Waals surface area (Å²) in [4.78, 5) is 0. The Bertz CT molecular complexity index is 508. The summed E-state index contributed by atoms with van der Waals surface area (Å²) in [6, 6.07) is 8.05. The minimum absolute atomic E-state index is 0.268. The average Bonchev–Trinajstić information content (AvgIpc) is 2.78. The third kappa shape index (κ3) is 2.85. The highest BCUT2D eigenvalue weighted by atomic mass is 19.1. The largest absolute Gasteiger partial charge is 0.485 e. The summed E-state index contributed by atoms with van der Waals surface area (Å²) < 4.78 is 23.9. The van der Waals surface area contributed by atoms with E-state index in [0.717, 1.165) is 5.56 Å². The maximum atomic E-state index is 13.0. The van der Waals surface area contributed by atoms with Crippen molar-refractivity contribution in [3.63, 3.8) is 0 Å². The number of aryl methyl sites for hydroxylation is 1. The summed E-state index contributed by atoms with van der Waals surface area (Å²) >= 11 is 0. The second-order valence-electron chi connectivity index (χ2n) is 3.77. The number of hydrogen-bond acceptors (Lipinski definition) is 3. The normalized spacial score (nSPS) is 10.5. The van der Waals surface area contributed by atoms with Gasteiger partial charge in [0.05, 0.1) is 6.54 Å². The van der Waals surface area contributed by atoms with Gasteiger partial charge in [-0.2, -0.15) is 0 Å². The molecule has 2 rings (SSSR count). The van der Waals surface area contributed by atoms with E-state index in [1.165, 1.54) is 12.1 Å². The van der Waals surface area contributed by atoms with E-state index in [9.17, 15) is 4.39 Å². The Morgan fingerprint density at radius 1 is 1.24 bits per heavy atom. The van der Waals surface area contributed by atoms with Crippen LogP contribution in [0.15, 0.2) is 34.7 Å². The standard InChI is InChI=1S/C13H14FNO2/c1-9-2-3-10(14)6-13(9)16-8-12-5-4-11(7-15)17-12/h2-6H,7-8,15H2,1H3. The van der Waals surface area contributed by atoms with Gasteiger partial charge in [-0.1, -0.05) is 6.07 Å². The van der Waals surface area contributed by atoms with Gasteiger partial charge in [0.15, 0.2) is 0 Å². The molecule has 0 fully saturated rings. The Kier molecular flexibility index (Phi) is 3.44. The SMILES string of the molecule is Cc1ccc(F)cc1OCc1ccc(CN)o1. The van der Waals surface area contributed by atoms with Crippen LogP contribution in [0.25, 0.3) is 0 Å². The predicted octanol–water partition coefficient (Wildman–Crippen LogP) is 2.76. The first-order valence-electron chi connectivity index (χ1n) is 5.35. The van der Waals surface area contributed by atoms with E-state index < -0.39 is 0 Å². The zero-order valence-corrected chi connectivity index (χ0v) is 9.57. The zero-order valence-electron chi connectivity index (χ0n) is 9.57. The molecular formula is C13H14FNO2. The van der Waals surface area contributed by atoms with Crippen LogP contribution in [-0.2, 0) is 13.2 Å². The molecule has 2 N–H and O–H groups in total. The smallest absolute Gasteiger partial charge is 0.146 e.